The molecule has 0 aliphatic heterocycles. The van der Waals surface area contributed by atoms with Crippen molar-refractivity contribution in [1.29, 1.82) is 0 Å². The van der Waals surface area contributed by atoms with E-state index >= 15 is 0 Å². The molecule has 3 aromatic heterocycles. The zero-order valence-corrected chi connectivity index (χ0v) is 20.6. The Morgan fingerprint density at radius 1 is 1.03 bits per heavy atom. The minimum atomic E-state index is -0.456. The lowest BCUT2D eigenvalue weighted by Crippen LogP contribution is -2.19. The molecule has 0 aliphatic carbocycles. The van der Waals surface area contributed by atoms with Crippen LogP contribution < -0.4 is 10.6 Å². The number of carbonyl (C=O) groups excluding carboxylic acids is 1. The van der Waals surface area contributed by atoms with Gasteiger partial charge in [0.1, 0.15) is 0 Å². The molecule has 0 saturated heterocycles. The summed E-state index contributed by atoms with van der Waals surface area (Å²) in [5.74, 6) is -0.198. The lowest BCUT2D eigenvalue weighted by Gasteiger charge is -2.22. The summed E-state index contributed by atoms with van der Waals surface area (Å²) >= 11 is 0. The number of carbonyl (C=O) groups is 1. The maximum Gasteiger partial charge on any atom is 0.356 e. The Labute approximate surface area is 198 Å². The van der Waals surface area contributed by atoms with Crippen molar-refractivity contribution in [2.24, 2.45) is 14.1 Å². The summed E-state index contributed by atoms with van der Waals surface area (Å²) in [5.41, 5.74) is 7.45. The van der Waals surface area contributed by atoms with Crippen molar-refractivity contribution in [1.82, 2.24) is 19.1 Å². The molecule has 8 heteroatoms. The summed E-state index contributed by atoms with van der Waals surface area (Å²) in [6, 6.07) is 9.98. The third-order valence-electron chi connectivity index (χ3n) is 6.27. The van der Waals surface area contributed by atoms with E-state index in [0.717, 1.165) is 44.8 Å². The minimum absolute atomic E-state index is 0.0372. The van der Waals surface area contributed by atoms with Gasteiger partial charge >= 0.3 is 11.7 Å². The maximum atomic E-state index is 12.6. The number of fused-ring (bicyclic) bond motifs is 1. The first-order valence-corrected chi connectivity index (χ1v) is 11.1. The number of benzene rings is 1. The summed E-state index contributed by atoms with van der Waals surface area (Å²) in [6.07, 6.45) is 3.44. The van der Waals surface area contributed by atoms with E-state index < -0.39 is 5.97 Å². The average molecular weight is 460 g/mol. The SMILES string of the molecule is COC(=O)c1ncc(-c2ccc(N(C)c3cc(C(C)C)c4c(c3)n(C)c(=O)n4C)cn2)cc1C. The summed E-state index contributed by atoms with van der Waals surface area (Å²) in [6.45, 7) is 6.09. The van der Waals surface area contributed by atoms with E-state index in [9.17, 15) is 9.59 Å². The van der Waals surface area contributed by atoms with Gasteiger partial charge in [0.25, 0.3) is 0 Å². The molecular weight excluding hydrogens is 430 g/mol. The summed E-state index contributed by atoms with van der Waals surface area (Å²) < 4.78 is 8.17. The van der Waals surface area contributed by atoms with Gasteiger partial charge in [0, 0.05) is 38.6 Å². The van der Waals surface area contributed by atoms with Gasteiger partial charge < -0.3 is 9.64 Å². The molecular formula is C26H29N5O3. The van der Waals surface area contributed by atoms with Gasteiger partial charge in [-0.2, -0.15) is 0 Å². The second-order valence-corrected chi connectivity index (χ2v) is 8.80. The van der Waals surface area contributed by atoms with Crippen LogP contribution in [0.2, 0.25) is 0 Å². The Morgan fingerprint density at radius 3 is 2.35 bits per heavy atom. The van der Waals surface area contributed by atoms with E-state index in [4.69, 9.17) is 4.74 Å². The van der Waals surface area contributed by atoms with Crippen LogP contribution in [-0.2, 0) is 18.8 Å². The fraction of sp³-hybridized carbons (Fsp3) is 0.308. The minimum Gasteiger partial charge on any atom is -0.464 e. The second kappa shape index (κ2) is 8.78. The van der Waals surface area contributed by atoms with Gasteiger partial charge in [-0.25, -0.2) is 14.6 Å². The van der Waals surface area contributed by atoms with Gasteiger partial charge in [-0.15, -0.1) is 0 Å². The van der Waals surface area contributed by atoms with Gasteiger partial charge in [-0.05, 0) is 54.3 Å². The quantitative estimate of drug-likeness (QED) is 0.414. The monoisotopic (exact) mass is 459 g/mol. The molecule has 4 aromatic rings. The lowest BCUT2D eigenvalue weighted by molar-refractivity contribution is 0.0593. The number of aryl methyl sites for hydroxylation is 3. The van der Waals surface area contributed by atoms with E-state index in [2.05, 4.69) is 34.8 Å². The third-order valence-corrected chi connectivity index (χ3v) is 6.27. The highest BCUT2D eigenvalue weighted by molar-refractivity contribution is 5.89. The van der Waals surface area contributed by atoms with Gasteiger partial charge in [-0.1, -0.05) is 13.8 Å². The first-order valence-electron chi connectivity index (χ1n) is 11.1. The summed E-state index contributed by atoms with van der Waals surface area (Å²) in [5, 5.41) is 0. The van der Waals surface area contributed by atoms with Gasteiger partial charge in [0.05, 0.1) is 35.7 Å². The Bertz CT molecular complexity index is 1450. The smallest absolute Gasteiger partial charge is 0.356 e. The molecule has 0 fully saturated rings. The first-order chi connectivity index (χ1) is 16.1. The molecule has 3 heterocycles. The van der Waals surface area contributed by atoms with Crippen molar-refractivity contribution in [2.45, 2.75) is 26.7 Å². The predicted molar refractivity (Wildman–Crippen MR) is 134 cm³/mol. The molecule has 34 heavy (non-hydrogen) atoms. The Morgan fingerprint density at radius 2 is 1.76 bits per heavy atom. The average Bonchev–Trinajstić information content (AvgIpc) is 3.06. The number of imidazole rings is 1. The molecule has 8 nitrogen and oxygen atoms in total. The Kier molecular flexibility index (Phi) is 6.00. The molecule has 176 valence electrons. The van der Waals surface area contributed by atoms with Crippen molar-refractivity contribution in [3.63, 3.8) is 0 Å². The van der Waals surface area contributed by atoms with Crippen molar-refractivity contribution < 1.29 is 9.53 Å². The van der Waals surface area contributed by atoms with Crippen molar-refractivity contribution in [2.75, 3.05) is 19.1 Å². The molecule has 0 radical (unpaired) electrons. The molecule has 0 bridgehead atoms. The zero-order chi connectivity index (χ0) is 24.7. The summed E-state index contributed by atoms with van der Waals surface area (Å²) in [4.78, 5) is 35.3. The van der Waals surface area contributed by atoms with Crippen LogP contribution in [0.3, 0.4) is 0 Å². The number of hydrogen-bond donors (Lipinski definition) is 0. The number of pyridine rings is 2. The number of aromatic nitrogens is 4. The van der Waals surface area contributed by atoms with Gasteiger partial charge in [0.2, 0.25) is 0 Å². The van der Waals surface area contributed by atoms with Crippen molar-refractivity contribution in [3.8, 4) is 11.3 Å². The molecule has 0 aliphatic rings. The number of methoxy groups -OCH3 is 1. The highest BCUT2D eigenvalue weighted by Gasteiger charge is 2.18. The Balaban J connectivity index is 1.70. The largest absolute Gasteiger partial charge is 0.464 e. The van der Waals surface area contributed by atoms with E-state index in [-0.39, 0.29) is 11.6 Å². The van der Waals surface area contributed by atoms with Crippen LogP contribution in [0.25, 0.3) is 22.3 Å². The topological polar surface area (TPSA) is 82.3 Å². The number of hydrogen-bond acceptors (Lipinski definition) is 6. The number of ether oxygens (including phenoxy) is 1. The van der Waals surface area contributed by atoms with Gasteiger partial charge in [0.15, 0.2) is 5.69 Å². The van der Waals surface area contributed by atoms with Crippen LogP contribution in [0.15, 0.2) is 47.5 Å². The highest BCUT2D eigenvalue weighted by Crippen LogP contribution is 2.33. The fourth-order valence-corrected chi connectivity index (χ4v) is 4.23. The molecule has 1 aromatic carbocycles. The maximum absolute atomic E-state index is 12.6. The van der Waals surface area contributed by atoms with Crippen molar-refractivity contribution >= 4 is 28.4 Å². The highest BCUT2D eigenvalue weighted by atomic mass is 16.5. The number of anilines is 2. The van der Waals surface area contributed by atoms with Crippen LogP contribution in [0.1, 0.15) is 41.4 Å². The molecule has 4 rings (SSSR count). The van der Waals surface area contributed by atoms with Crippen molar-refractivity contribution in [3.05, 3.63) is 70.0 Å². The number of nitrogens with zero attached hydrogens (tertiary/aromatic N) is 5. The van der Waals surface area contributed by atoms with E-state index in [1.807, 2.05) is 51.5 Å². The van der Waals surface area contributed by atoms with E-state index in [1.165, 1.54) is 7.11 Å². The lowest BCUT2D eigenvalue weighted by atomic mass is 10.00. The van der Waals surface area contributed by atoms with E-state index in [0.29, 0.717) is 5.69 Å². The standard InChI is InChI=1S/C26H29N5O3/c1-15(2)20-11-19(12-22-24(20)31(6)26(33)30(22)5)29(4)18-8-9-21(27-14-18)17-10-16(3)23(28-13-17)25(32)34-7/h8-15H,1-7H3. The zero-order valence-electron chi connectivity index (χ0n) is 20.6. The van der Waals surface area contributed by atoms with Crippen LogP contribution in [0.5, 0.6) is 0 Å². The van der Waals surface area contributed by atoms with Crippen LogP contribution in [0.4, 0.5) is 11.4 Å². The van der Waals surface area contributed by atoms with E-state index in [1.54, 1.807) is 22.4 Å². The van der Waals surface area contributed by atoms with Gasteiger partial charge in [-0.3, -0.25) is 14.1 Å². The van der Waals surface area contributed by atoms with Crippen LogP contribution in [0, 0.1) is 6.92 Å². The first kappa shape index (κ1) is 23.2. The summed E-state index contributed by atoms with van der Waals surface area (Å²) in [7, 11) is 6.94. The van der Waals surface area contributed by atoms with Crippen LogP contribution >= 0.6 is 0 Å². The third kappa shape index (κ3) is 3.85. The van der Waals surface area contributed by atoms with Crippen LogP contribution in [-0.4, -0.2) is 39.2 Å². The molecule has 0 saturated carbocycles. The molecule has 0 unspecified atom stereocenters. The number of rotatable bonds is 5. The Hall–Kier alpha value is -3.94. The molecule has 0 atom stereocenters. The molecule has 0 N–H and O–H groups in total. The predicted octanol–water partition coefficient (Wildman–Crippen LogP) is 4.32. The normalized spacial score (nSPS) is 11.3. The molecule has 0 amide bonds. The fourth-order valence-electron chi connectivity index (χ4n) is 4.23. The number of esters is 1. The second-order valence-electron chi connectivity index (χ2n) is 8.80. The molecule has 0 spiro atoms.